The van der Waals surface area contributed by atoms with E-state index in [9.17, 15) is 22.8 Å². The van der Waals surface area contributed by atoms with E-state index in [1.807, 2.05) is 0 Å². The molecule has 0 saturated heterocycles. The summed E-state index contributed by atoms with van der Waals surface area (Å²) in [6, 6.07) is 1.05. The van der Waals surface area contributed by atoms with E-state index in [2.05, 4.69) is 0 Å². The molecule has 7 heteroatoms. The van der Waals surface area contributed by atoms with Crippen LogP contribution in [0, 0.1) is 0 Å². The maximum Gasteiger partial charge on any atom is 0.390 e. The lowest BCUT2D eigenvalue weighted by Crippen LogP contribution is -2.38. The van der Waals surface area contributed by atoms with Crippen LogP contribution in [0.2, 0.25) is 0 Å². The number of nitrogens with zero attached hydrogens (tertiary/aromatic N) is 2. The van der Waals surface area contributed by atoms with Gasteiger partial charge in [-0.05, 0) is 0 Å². The Labute approximate surface area is 82.6 Å². The van der Waals surface area contributed by atoms with E-state index in [4.69, 9.17) is 0 Å². The van der Waals surface area contributed by atoms with Crippen molar-refractivity contribution in [3.63, 3.8) is 0 Å². The second-order valence-electron chi connectivity index (χ2n) is 3.06. The third-order valence-corrected chi connectivity index (χ3v) is 1.86. The van der Waals surface area contributed by atoms with Crippen molar-refractivity contribution in [2.75, 3.05) is 0 Å². The van der Waals surface area contributed by atoms with Crippen molar-refractivity contribution in [2.45, 2.75) is 19.1 Å². The number of alkyl halides is 3. The molecule has 4 nitrogen and oxygen atoms in total. The zero-order chi connectivity index (χ0) is 11.6. The summed E-state index contributed by atoms with van der Waals surface area (Å²) in [7, 11) is 1.37. The zero-order valence-electron chi connectivity index (χ0n) is 7.91. The molecule has 0 aromatic carbocycles. The molecule has 0 saturated carbocycles. The van der Waals surface area contributed by atoms with Gasteiger partial charge in [-0.1, -0.05) is 0 Å². The first-order chi connectivity index (χ1) is 6.81. The molecular weight excluding hydrogens is 213 g/mol. The Morgan fingerprint density at radius 3 is 2.47 bits per heavy atom. The fourth-order valence-corrected chi connectivity index (χ4v) is 1.06. The van der Waals surface area contributed by atoms with Crippen LogP contribution in [0.25, 0.3) is 0 Å². The molecule has 84 valence electrons. The number of hydrogen-bond donors (Lipinski definition) is 0. The van der Waals surface area contributed by atoms with Crippen LogP contribution in [0.15, 0.2) is 21.9 Å². The monoisotopic (exact) mass is 222 g/mol. The predicted molar refractivity (Wildman–Crippen MR) is 46.6 cm³/mol. The fraction of sp³-hybridized carbons (Fsp3) is 0.500. The van der Waals surface area contributed by atoms with Crippen LogP contribution in [0.1, 0.15) is 6.42 Å². The van der Waals surface area contributed by atoms with Crippen LogP contribution in [0.5, 0.6) is 0 Å². The van der Waals surface area contributed by atoms with E-state index in [1.165, 1.54) is 13.2 Å². The van der Waals surface area contributed by atoms with Gasteiger partial charge in [-0.3, -0.25) is 9.36 Å². The van der Waals surface area contributed by atoms with Crippen LogP contribution < -0.4 is 11.2 Å². The predicted octanol–water partition coefficient (Wildman–Crippen LogP) is 0.499. The summed E-state index contributed by atoms with van der Waals surface area (Å²) in [5.41, 5.74) is -1.46. The van der Waals surface area contributed by atoms with E-state index in [0.717, 1.165) is 10.6 Å². The van der Waals surface area contributed by atoms with Gasteiger partial charge in [-0.15, -0.1) is 0 Å². The van der Waals surface area contributed by atoms with E-state index in [1.54, 1.807) is 0 Å². The molecule has 15 heavy (non-hydrogen) atoms. The molecule has 0 aliphatic heterocycles. The largest absolute Gasteiger partial charge is 0.390 e. The van der Waals surface area contributed by atoms with Crippen molar-refractivity contribution in [3.05, 3.63) is 33.1 Å². The molecular formula is C8H9F3N2O2. The molecule has 1 heterocycles. The molecule has 0 N–H and O–H groups in total. The van der Waals surface area contributed by atoms with Gasteiger partial charge in [0.15, 0.2) is 0 Å². The molecule has 0 bridgehead atoms. The van der Waals surface area contributed by atoms with Crippen LogP contribution in [-0.4, -0.2) is 15.3 Å². The standard InChI is InChI=1S/C8H9F3N2O2/c1-12-4-2-6(14)13(7(12)15)5-3-8(9,10)11/h2,4H,3,5H2,1H3. The fourth-order valence-electron chi connectivity index (χ4n) is 1.06. The number of rotatable bonds is 2. The Bertz CT molecular complexity index is 458. The first-order valence-corrected chi connectivity index (χ1v) is 4.14. The SMILES string of the molecule is Cn1ccc(=O)n(CCC(F)(F)F)c1=O. The topological polar surface area (TPSA) is 44.0 Å². The van der Waals surface area contributed by atoms with Crippen LogP contribution in [0.3, 0.4) is 0 Å². The van der Waals surface area contributed by atoms with Gasteiger partial charge in [0.1, 0.15) is 0 Å². The van der Waals surface area contributed by atoms with Gasteiger partial charge in [-0.25, -0.2) is 4.79 Å². The van der Waals surface area contributed by atoms with Gasteiger partial charge < -0.3 is 4.57 Å². The third kappa shape index (κ3) is 2.97. The average molecular weight is 222 g/mol. The van der Waals surface area contributed by atoms with Crippen LogP contribution in [-0.2, 0) is 13.6 Å². The van der Waals surface area contributed by atoms with E-state index < -0.39 is 30.4 Å². The zero-order valence-corrected chi connectivity index (χ0v) is 7.91. The normalized spacial score (nSPS) is 11.7. The van der Waals surface area contributed by atoms with Gasteiger partial charge in [0.25, 0.3) is 5.56 Å². The molecule has 1 aromatic heterocycles. The maximum atomic E-state index is 11.9. The van der Waals surface area contributed by atoms with Crippen molar-refractivity contribution < 1.29 is 13.2 Å². The second kappa shape index (κ2) is 3.92. The molecule has 0 aliphatic carbocycles. The minimum absolute atomic E-state index is 0.563. The number of aryl methyl sites for hydroxylation is 1. The van der Waals surface area contributed by atoms with Crippen LogP contribution >= 0.6 is 0 Å². The lowest BCUT2D eigenvalue weighted by atomic mass is 10.4. The molecule has 0 spiro atoms. The Morgan fingerprint density at radius 1 is 1.33 bits per heavy atom. The van der Waals surface area contributed by atoms with E-state index in [0.29, 0.717) is 4.57 Å². The third-order valence-electron chi connectivity index (χ3n) is 1.86. The van der Waals surface area contributed by atoms with Crippen molar-refractivity contribution in [2.24, 2.45) is 7.05 Å². The highest BCUT2D eigenvalue weighted by atomic mass is 19.4. The minimum atomic E-state index is -4.37. The summed E-state index contributed by atoms with van der Waals surface area (Å²) < 4.78 is 37.3. The van der Waals surface area contributed by atoms with Gasteiger partial charge in [0.05, 0.1) is 6.42 Å². The molecule has 0 radical (unpaired) electrons. The highest BCUT2D eigenvalue weighted by molar-refractivity contribution is 4.85. The summed E-state index contributed by atoms with van der Waals surface area (Å²) >= 11 is 0. The number of halogens is 3. The summed E-state index contributed by atoms with van der Waals surface area (Å²) in [4.78, 5) is 22.4. The van der Waals surface area contributed by atoms with Crippen molar-refractivity contribution in [1.82, 2.24) is 9.13 Å². The Morgan fingerprint density at radius 2 is 1.93 bits per heavy atom. The van der Waals surface area contributed by atoms with Gasteiger partial charge in [0, 0.05) is 25.9 Å². The maximum absolute atomic E-state index is 11.9. The Hall–Kier alpha value is -1.53. The summed E-state index contributed by atoms with van der Waals surface area (Å²) in [6.07, 6.45) is -4.35. The molecule has 0 unspecified atom stereocenters. The molecule has 0 fully saturated rings. The van der Waals surface area contributed by atoms with E-state index >= 15 is 0 Å². The quantitative estimate of drug-likeness (QED) is 0.731. The average Bonchev–Trinajstić information content (AvgIpc) is 2.10. The number of hydrogen-bond acceptors (Lipinski definition) is 2. The molecule has 1 rings (SSSR count). The van der Waals surface area contributed by atoms with Crippen molar-refractivity contribution in [1.29, 1.82) is 0 Å². The first kappa shape index (κ1) is 11.5. The summed E-state index contributed by atoms with van der Waals surface area (Å²) in [6.45, 7) is -0.643. The minimum Gasteiger partial charge on any atom is -0.303 e. The summed E-state index contributed by atoms with van der Waals surface area (Å²) in [5, 5.41) is 0. The van der Waals surface area contributed by atoms with Gasteiger partial charge in [0.2, 0.25) is 0 Å². The number of aromatic nitrogens is 2. The molecule has 0 atom stereocenters. The summed E-state index contributed by atoms with van der Waals surface area (Å²) in [5.74, 6) is 0. The van der Waals surface area contributed by atoms with Crippen LogP contribution in [0.4, 0.5) is 13.2 Å². The molecule has 0 aliphatic rings. The van der Waals surface area contributed by atoms with Gasteiger partial charge >= 0.3 is 11.9 Å². The second-order valence-corrected chi connectivity index (χ2v) is 3.06. The lowest BCUT2D eigenvalue weighted by molar-refractivity contribution is -0.137. The van der Waals surface area contributed by atoms with Crippen molar-refractivity contribution in [3.8, 4) is 0 Å². The first-order valence-electron chi connectivity index (χ1n) is 4.14. The lowest BCUT2D eigenvalue weighted by Gasteiger charge is -2.08. The Kier molecular flexibility index (Phi) is 3.01. The van der Waals surface area contributed by atoms with E-state index in [-0.39, 0.29) is 0 Å². The highest BCUT2D eigenvalue weighted by Crippen LogP contribution is 2.19. The molecule has 1 aromatic rings. The Balaban J connectivity index is 3.01. The molecule has 0 amide bonds. The highest BCUT2D eigenvalue weighted by Gasteiger charge is 2.27. The van der Waals surface area contributed by atoms with Gasteiger partial charge in [-0.2, -0.15) is 13.2 Å². The smallest absolute Gasteiger partial charge is 0.303 e. The van der Waals surface area contributed by atoms with Crippen molar-refractivity contribution >= 4 is 0 Å².